The standard InChI is InChI=1S/C15H19F3N2O2/c1-8-6-20(7-9(2)22-8)10(3)15(21)19-12-5-4-11(16)13(17)14(12)18/h4-5,8-10H,6-7H2,1-3H3,(H,19,21)/t8-,9-,10-/m0/s1. The van der Waals surface area contributed by atoms with Crippen LogP contribution in [-0.2, 0) is 9.53 Å². The lowest BCUT2D eigenvalue weighted by molar-refractivity contribution is -0.126. The van der Waals surface area contributed by atoms with Crippen molar-refractivity contribution in [2.24, 2.45) is 0 Å². The Morgan fingerprint density at radius 2 is 1.82 bits per heavy atom. The van der Waals surface area contributed by atoms with Gasteiger partial charge in [0, 0.05) is 13.1 Å². The number of nitrogens with one attached hydrogen (secondary N) is 1. The van der Waals surface area contributed by atoms with E-state index in [9.17, 15) is 18.0 Å². The monoisotopic (exact) mass is 316 g/mol. The van der Waals surface area contributed by atoms with E-state index in [1.54, 1.807) is 6.92 Å². The van der Waals surface area contributed by atoms with Crippen LogP contribution in [0.2, 0.25) is 0 Å². The van der Waals surface area contributed by atoms with E-state index in [1.165, 1.54) is 0 Å². The summed E-state index contributed by atoms with van der Waals surface area (Å²) in [6.45, 7) is 6.63. The van der Waals surface area contributed by atoms with Gasteiger partial charge in [0.25, 0.3) is 0 Å². The second-order valence-corrected chi connectivity index (χ2v) is 5.60. The number of halogens is 3. The molecule has 4 nitrogen and oxygen atoms in total. The Morgan fingerprint density at radius 1 is 1.23 bits per heavy atom. The number of hydrogen-bond donors (Lipinski definition) is 1. The van der Waals surface area contributed by atoms with Gasteiger partial charge in [0.15, 0.2) is 17.5 Å². The summed E-state index contributed by atoms with van der Waals surface area (Å²) in [5, 5.41) is 2.30. The first-order chi connectivity index (χ1) is 10.3. The Bertz CT molecular complexity index is 558. The largest absolute Gasteiger partial charge is 0.373 e. The predicted octanol–water partition coefficient (Wildman–Crippen LogP) is 2.54. The van der Waals surface area contributed by atoms with E-state index >= 15 is 0 Å². The van der Waals surface area contributed by atoms with E-state index in [0.717, 1.165) is 12.1 Å². The summed E-state index contributed by atoms with van der Waals surface area (Å²) in [5.74, 6) is -4.77. The Morgan fingerprint density at radius 3 is 2.41 bits per heavy atom. The highest BCUT2D eigenvalue weighted by atomic mass is 19.2. The summed E-state index contributed by atoms with van der Waals surface area (Å²) in [6, 6.07) is 1.24. The lowest BCUT2D eigenvalue weighted by atomic mass is 10.1. The van der Waals surface area contributed by atoms with Gasteiger partial charge in [-0.2, -0.15) is 0 Å². The van der Waals surface area contributed by atoms with Gasteiger partial charge in [0.05, 0.1) is 23.9 Å². The molecule has 122 valence electrons. The molecule has 1 amide bonds. The third-order valence-electron chi connectivity index (χ3n) is 3.67. The zero-order valence-corrected chi connectivity index (χ0v) is 12.7. The maximum absolute atomic E-state index is 13.6. The fraction of sp³-hybridized carbons (Fsp3) is 0.533. The number of rotatable bonds is 3. The molecule has 1 fully saturated rings. The molecule has 0 saturated carbocycles. The van der Waals surface area contributed by atoms with Crippen LogP contribution >= 0.6 is 0 Å². The molecule has 0 bridgehead atoms. The quantitative estimate of drug-likeness (QED) is 0.871. The molecule has 1 aromatic rings. The highest BCUT2D eigenvalue weighted by molar-refractivity contribution is 5.94. The van der Waals surface area contributed by atoms with Gasteiger partial charge in [0.2, 0.25) is 5.91 Å². The van der Waals surface area contributed by atoms with Crippen LogP contribution in [0.1, 0.15) is 20.8 Å². The summed E-state index contributed by atoms with van der Waals surface area (Å²) in [4.78, 5) is 14.1. The van der Waals surface area contributed by atoms with Crippen molar-refractivity contribution >= 4 is 11.6 Å². The Kier molecular flexibility index (Phi) is 5.08. The van der Waals surface area contributed by atoms with Gasteiger partial charge in [0.1, 0.15) is 0 Å². The van der Waals surface area contributed by atoms with Crippen molar-refractivity contribution in [2.45, 2.75) is 39.0 Å². The van der Waals surface area contributed by atoms with Crippen molar-refractivity contribution < 1.29 is 22.7 Å². The Labute approximate surface area is 127 Å². The summed E-state index contributed by atoms with van der Waals surface area (Å²) in [7, 11) is 0. The van der Waals surface area contributed by atoms with Crippen LogP contribution in [0.15, 0.2) is 12.1 Å². The van der Waals surface area contributed by atoms with Crippen LogP contribution < -0.4 is 5.32 Å². The van der Waals surface area contributed by atoms with Gasteiger partial charge >= 0.3 is 0 Å². The number of amides is 1. The van der Waals surface area contributed by atoms with Crippen LogP contribution in [0.3, 0.4) is 0 Å². The van der Waals surface area contributed by atoms with Crippen molar-refractivity contribution in [1.82, 2.24) is 4.90 Å². The van der Waals surface area contributed by atoms with Crippen LogP contribution in [0, 0.1) is 17.5 Å². The maximum atomic E-state index is 13.6. The number of ether oxygens (including phenoxy) is 1. The van der Waals surface area contributed by atoms with Gasteiger partial charge < -0.3 is 10.1 Å². The first-order valence-corrected chi connectivity index (χ1v) is 7.13. The third-order valence-corrected chi connectivity index (χ3v) is 3.67. The molecule has 1 aromatic carbocycles. The summed E-state index contributed by atoms with van der Waals surface area (Å²) < 4.78 is 45.2. The second-order valence-electron chi connectivity index (χ2n) is 5.60. The lowest BCUT2D eigenvalue weighted by Crippen LogP contribution is -2.52. The fourth-order valence-electron chi connectivity index (χ4n) is 2.56. The summed E-state index contributed by atoms with van der Waals surface area (Å²) in [6.07, 6.45) is -0.0296. The lowest BCUT2D eigenvalue weighted by Gasteiger charge is -2.38. The Hall–Kier alpha value is -1.60. The van der Waals surface area contributed by atoms with Crippen LogP contribution in [0.25, 0.3) is 0 Å². The van der Waals surface area contributed by atoms with Crippen LogP contribution in [0.4, 0.5) is 18.9 Å². The molecule has 1 N–H and O–H groups in total. The van der Waals surface area contributed by atoms with Crippen molar-refractivity contribution in [3.05, 3.63) is 29.6 Å². The predicted molar refractivity (Wildman–Crippen MR) is 76.0 cm³/mol. The minimum atomic E-state index is -1.60. The molecule has 1 saturated heterocycles. The topological polar surface area (TPSA) is 41.6 Å². The zero-order chi connectivity index (χ0) is 16.4. The molecular formula is C15H19F3N2O2. The molecule has 3 atom stereocenters. The molecule has 2 rings (SSSR count). The molecule has 1 aliphatic rings. The number of anilines is 1. The smallest absolute Gasteiger partial charge is 0.241 e. The van der Waals surface area contributed by atoms with Gasteiger partial charge in [-0.05, 0) is 32.9 Å². The number of hydrogen-bond acceptors (Lipinski definition) is 3. The third kappa shape index (κ3) is 3.59. The first-order valence-electron chi connectivity index (χ1n) is 7.13. The summed E-state index contributed by atoms with van der Waals surface area (Å²) in [5.41, 5.74) is -0.370. The van der Waals surface area contributed by atoms with Gasteiger partial charge in [-0.15, -0.1) is 0 Å². The van der Waals surface area contributed by atoms with Gasteiger partial charge in [-0.25, -0.2) is 13.2 Å². The van der Waals surface area contributed by atoms with Crippen LogP contribution in [-0.4, -0.2) is 42.1 Å². The minimum Gasteiger partial charge on any atom is -0.373 e. The van der Waals surface area contributed by atoms with Crippen molar-refractivity contribution in [3.8, 4) is 0 Å². The number of carbonyl (C=O) groups is 1. The number of morpholine rings is 1. The van der Waals surface area contributed by atoms with E-state index in [-0.39, 0.29) is 17.9 Å². The molecule has 0 aromatic heterocycles. The number of benzene rings is 1. The normalized spacial score (nSPS) is 24.1. The number of carbonyl (C=O) groups excluding carboxylic acids is 1. The summed E-state index contributed by atoms with van der Waals surface area (Å²) >= 11 is 0. The van der Waals surface area contributed by atoms with Crippen molar-refractivity contribution in [3.63, 3.8) is 0 Å². The fourth-order valence-corrected chi connectivity index (χ4v) is 2.56. The molecule has 1 heterocycles. The number of nitrogens with zero attached hydrogens (tertiary/aromatic N) is 1. The van der Waals surface area contributed by atoms with E-state index in [4.69, 9.17) is 4.74 Å². The van der Waals surface area contributed by atoms with Crippen molar-refractivity contribution in [2.75, 3.05) is 18.4 Å². The molecule has 0 aliphatic carbocycles. The first kappa shape index (κ1) is 16.8. The molecule has 0 spiro atoms. The van der Waals surface area contributed by atoms with E-state index in [0.29, 0.717) is 13.1 Å². The molecule has 0 unspecified atom stereocenters. The molecule has 0 radical (unpaired) electrons. The average Bonchev–Trinajstić information content (AvgIpc) is 2.46. The van der Waals surface area contributed by atoms with E-state index in [2.05, 4.69) is 5.32 Å². The molecular weight excluding hydrogens is 297 g/mol. The maximum Gasteiger partial charge on any atom is 0.241 e. The molecule has 22 heavy (non-hydrogen) atoms. The second kappa shape index (κ2) is 6.66. The SMILES string of the molecule is C[C@H]1CN([C@@H](C)C(=O)Nc2ccc(F)c(F)c2F)C[C@H](C)O1. The van der Waals surface area contributed by atoms with Crippen LogP contribution in [0.5, 0.6) is 0 Å². The van der Waals surface area contributed by atoms with E-state index in [1.807, 2.05) is 18.7 Å². The average molecular weight is 316 g/mol. The Balaban J connectivity index is 2.07. The highest BCUT2D eigenvalue weighted by Gasteiger charge is 2.29. The molecule has 7 heteroatoms. The molecule has 1 aliphatic heterocycles. The van der Waals surface area contributed by atoms with Crippen molar-refractivity contribution in [1.29, 1.82) is 0 Å². The van der Waals surface area contributed by atoms with Gasteiger partial charge in [-0.3, -0.25) is 9.69 Å². The highest BCUT2D eigenvalue weighted by Crippen LogP contribution is 2.21. The van der Waals surface area contributed by atoms with E-state index < -0.39 is 29.4 Å². The minimum absolute atomic E-state index is 0.0148. The zero-order valence-electron chi connectivity index (χ0n) is 12.7. The van der Waals surface area contributed by atoms with Gasteiger partial charge in [-0.1, -0.05) is 0 Å².